The molecule has 3 N–H and O–H groups in total. The highest BCUT2D eigenvalue weighted by Gasteiger charge is 2.36. The van der Waals surface area contributed by atoms with Gasteiger partial charge in [0.05, 0.1) is 30.0 Å². The highest BCUT2D eigenvalue weighted by molar-refractivity contribution is 5.89. The minimum atomic E-state index is -1.04. The summed E-state index contributed by atoms with van der Waals surface area (Å²) in [6, 6.07) is 14.2. The quantitative estimate of drug-likeness (QED) is 0.594. The van der Waals surface area contributed by atoms with Crippen molar-refractivity contribution >= 4 is 17.6 Å². The van der Waals surface area contributed by atoms with Crippen molar-refractivity contribution < 1.29 is 24.2 Å². The number of hydrogen-bond acceptors (Lipinski definition) is 5. The van der Waals surface area contributed by atoms with Crippen LogP contribution in [0.5, 0.6) is 5.75 Å². The van der Waals surface area contributed by atoms with Gasteiger partial charge in [0.25, 0.3) is 0 Å². The number of benzene rings is 2. The molecular weight excluding hydrogens is 396 g/mol. The van der Waals surface area contributed by atoms with Crippen LogP contribution in [0.4, 0.5) is 5.69 Å². The SMILES string of the molecule is CC(C)CC(=O)N1CC(OCc2ccccc2)C[C@H]1COc1ccc(C(=O)O)cc1N. The van der Waals surface area contributed by atoms with Gasteiger partial charge in [-0.15, -0.1) is 0 Å². The monoisotopic (exact) mass is 426 g/mol. The van der Waals surface area contributed by atoms with Gasteiger partial charge in [0, 0.05) is 13.0 Å². The number of carbonyl (C=O) groups is 2. The second kappa shape index (κ2) is 10.3. The normalized spacial score (nSPS) is 18.4. The molecule has 1 saturated heterocycles. The zero-order chi connectivity index (χ0) is 22.4. The summed E-state index contributed by atoms with van der Waals surface area (Å²) in [5, 5.41) is 9.08. The van der Waals surface area contributed by atoms with Gasteiger partial charge in [0.15, 0.2) is 0 Å². The minimum Gasteiger partial charge on any atom is -0.489 e. The molecule has 0 aromatic heterocycles. The molecular formula is C24H30N2O5. The Hall–Kier alpha value is -3.06. The standard InChI is InChI=1S/C24H30N2O5/c1-16(2)10-23(27)26-13-20(30-14-17-6-4-3-5-7-17)12-19(26)15-31-22-9-8-18(24(28)29)11-21(22)25/h3-9,11,16,19-20H,10,12-15,25H2,1-2H3,(H,28,29)/t19-,20?/m0/s1. The minimum absolute atomic E-state index is 0.0725. The number of nitrogen functional groups attached to an aromatic ring is 1. The Bertz CT molecular complexity index is 900. The summed E-state index contributed by atoms with van der Waals surface area (Å²) in [5.74, 6) is -0.283. The van der Waals surface area contributed by atoms with Crippen molar-refractivity contribution in [2.45, 2.75) is 45.4 Å². The third-order valence-electron chi connectivity index (χ3n) is 5.30. The molecule has 2 aromatic rings. The molecule has 1 aliphatic heterocycles. The van der Waals surface area contributed by atoms with Crippen molar-refractivity contribution in [3.05, 3.63) is 59.7 Å². The van der Waals surface area contributed by atoms with Crippen molar-refractivity contribution in [1.29, 1.82) is 0 Å². The fourth-order valence-corrected chi connectivity index (χ4v) is 3.71. The Kier molecular flexibility index (Phi) is 7.52. The van der Waals surface area contributed by atoms with Crippen LogP contribution in [0.3, 0.4) is 0 Å². The van der Waals surface area contributed by atoms with Crippen LogP contribution in [0.15, 0.2) is 48.5 Å². The molecule has 1 unspecified atom stereocenters. The topological polar surface area (TPSA) is 102 Å². The van der Waals surface area contributed by atoms with E-state index in [0.717, 1.165) is 5.56 Å². The summed E-state index contributed by atoms with van der Waals surface area (Å²) in [6.07, 6.45) is 1.07. The van der Waals surface area contributed by atoms with Crippen LogP contribution < -0.4 is 10.5 Å². The van der Waals surface area contributed by atoms with Crippen LogP contribution >= 0.6 is 0 Å². The molecule has 0 saturated carbocycles. The Morgan fingerprint density at radius 1 is 1.19 bits per heavy atom. The predicted octanol–water partition coefficient (Wildman–Crippen LogP) is 3.58. The maximum absolute atomic E-state index is 12.8. The lowest BCUT2D eigenvalue weighted by molar-refractivity contribution is -0.133. The molecule has 3 rings (SSSR count). The van der Waals surface area contributed by atoms with Crippen LogP contribution in [0.1, 0.15) is 42.6 Å². The van der Waals surface area contributed by atoms with E-state index in [1.54, 1.807) is 6.07 Å². The molecule has 1 heterocycles. The number of aromatic carboxylic acids is 1. The second-order valence-electron chi connectivity index (χ2n) is 8.32. The molecule has 2 aromatic carbocycles. The number of carbonyl (C=O) groups excluding carboxylic acids is 1. The zero-order valence-corrected chi connectivity index (χ0v) is 18.0. The Morgan fingerprint density at radius 2 is 1.94 bits per heavy atom. The highest BCUT2D eigenvalue weighted by Crippen LogP contribution is 2.27. The number of nitrogens with zero attached hydrogens (tertiary/aromatic N) is 1. The van der Waals surface area contributed by atoms with Gasteiger partial charge in [-0.05, 0) is 36.1 Å². The number of carboxylic acid groups (broad SMARTS) is 1. The van der Waals surface area contributed by atoms with E-state index >= 15 is 0 Å². The molecule has 2 atom stereocenters. The van der Waals surface area contributed by atoms with E-state index in [1.165, 1.54) is 12.1 Å². The molecule has 31 heavy (non-hydrogen) atoms. The Balaban J connectivity index is 1.64. The number of hydrogen-bond donors (Lipinski definition) is 2. The number of nitrogens with two attached hydrogens (primary N) is 1. The fourth-order valence-electron chi connectivity index (χ4n) is 3.71. The Morgan fingerprint density at radius 3 is 2.58 bits per heavy atom. The van der Waals surface area contributed by atoms with Crippen LogP contribution in [0.2, 0.25) is 0 Å². The van der Waals surface area contributed by atoms with Crippen LogP contribution in [-0.2, 0) is 16.1 Å². The molecule has 1 fully saturated rings. The molecule has 0 spiro atoms. The van der Waals surface area contributed by atoms with E-state index in [4.69, 9.17) is 20.3 Å². The molecule has 7 nitrogen and oxygen atoms in total. The molecule has 0 bridgehead atoms. The molecule has 0 radical (unpaired) electrons. The third-order valence-corrected chi connectivity index (χ3v) is 5.30. The van der Waals surface area contributed by atoms with E-state index in [-0.39, 0.29) is 41.8 Å². The number of ether oxygens (including phenoxy) is 2. The van der Waals surface area contributed by atoms with Crippen LogP contribution in [0, 0.1) is 5.92 Å². The maximum atomic E-state index is 12.8. The summed E-state index contributed by atoms with van der Waals surface area (Å²) in [7, 11) is 0. The molecule has 7 heteroatoms. The number of likely N-dealkylation sites (tertiary alicyclic amines) is 1. The van der Waals surface area contributed by atoms with Crippen molar-refractivity contribution in [3.8, 4) is 5.75 Å². The van der Waals surface area contributed by atoms with Gasteiger partial charge in [-0.25, -0.2) is 4.79 Å². The molecule has 0 aliphatic carbocycles. The maximum Gasteiger partial charge on any atom is 0.335 e. The van der Waals surface area contributed by atoms with Gasteiger partial charge in [-0.2, -0.15) is 0 Å². The molecule has 166 valence electrons. The van der Waals surface area contributed by atoms with Gasteiger partial charge in [0.1, 0.15) is 12.4 Å². The van der Waals surface area contributed by atoms with E-state index < -0.39 is 5.97 Å². The largest absolute Gasteiger partial charge is 0.489 e. The average Bonchev–Trinajstić information content (AvgIpc) is 3.15. The van der Waals surface area contributed by atoms with Gasteiger partial charge in [-0.1, -0.05) is 44.2 Å². The van der Waals surface area contributed by atoms with Gasteiger partial charge in [-0.3, -0.25) is 4.79 Å². The fraction of sp³-hybridized carbons (Fsp3) is 0.417. The Labute approximate surface area is 182 Å². The summed E-state index contributed by atoms with van der Waals surface area (Å²) >= 11 is 0. The smallest absolute Gasteiger partial charge is 0.335 e. The van der Waals surface area contributed by atoms with E-state index in [0.29, 0.717) is 31.7 Å². The van der Waals surface area contributed by atoms with Gasteiger partial charge in [0.2, 0.25) is 5.91 Å². The van der Waals surface area contributed by atoms with Gasteiger partial charge >= 0.3 is 5.97 Å². The summed E-state index contributed by atoms with van der Waals surface area (Å²) in [6.45, 7) is 5.33. The number of carboxylic acids is 1. The first-order valence-corrected chi connectivity index (χ1v) is 10.5. The number of rotatable bonds is 9. The van der Waals surface area contributed by atoms with Gasteiger partial charge < -0.3 is 25.2 Å². The van der Waals surface area contributed by atoms with Crippen LogP contribution in [0.25, 0.3) is 0 Å². The molecule has 1 aliphatic rings. The summed E-state index contributed by atoms with van der Waals surface area (Å²) in [4.78, 5) is 25.7. The lowest BCUT2D eigenvalue weighted by Crippen LogP contribution is -2.39. The summed E-state index contributed by atoms with van der Waals surface area (Å²) < 4.78 is 12.0. The highest BCUT2D eigenvalue weighted by atomic mass is 16.5. The number of anilines is 1. The summed E-state index contributed by atoms with van der Waals surface area (Å²) in [5.41, 5.74) is 7.41. The first-order valence-electron chi connectivity index (χ1n) is 10.5. The van der Waals surface area contributed by atoms with Crippen LogP contribution in [-0.4, -0.2) is 47.2 Å². The van der Waals surface area contributed by atoms with E-state index in [9.17, 15) is 9.59 Å². The van der Waals surface area contributed by atoms with Crippen molar-refractivity contribution in [2.24, 2.45) is 5.92 Å². The van der Waals surface area contributed by atoms with E-state index in [2.05, 4.69) is 0 Å². The first-order chi connectivity index (χ1) is 14.8. The first kappa shape index (κ1) is 22.6. The molecule has 1 amide bonds. The van der Waals surface area contributed by atoms with Crippen molar-refractivity contribution in [2.75, 3.05) is 18.9 Å². The van der Waals surface area contributed by atoms with Crippen molar-refractivity contribution in [1.82, 2.24) is 4.90 Å². The lowest BCUT2D eigenvalue weighted by atomic mass is 10.1. The third kappa shape index (κ3) is 6.21. The van der Waals surface area contributed by atoms with Crippen molar-refractivity contribution in [3.63, 3.8) is 0 Å². The predicted molar refractivity (Wildman–Crippen MR) is 118 cm³/mol. The number of amides is 1. The zero-order valence-electron chi connectivity index (χ0n) is 18.0. The second-order valence-corrected chi connectivity index (χ2v) is 8.32. The lowest BCUT2D eigenvalue weighted by Gasteiger charge is -2.25. The average molecular weight is 427 g/mol. The van der Waals surface area contributed by atoms with E-state index in [1.807, 2.05) is 49.1 Å².